The van der Waals surface area contributed by atoms with Gasteiger partial charge in [0.2, 0.25) is 0 Å². The van der Waals surface area contributed by atoms with Gasteiger partial charge in [0.1, 0.15) is 11.4 Å². The first-order valence-corrected chi connectivity index (χ1v) is 7.60. The quantitative estimate of drug-likeness (QED) is 0.595. The van der Waals surface area contributed by atoms with E-state index >= 15 is 0 Å². The Bertz CT molecular complexity index is 564. The molecule has 0 atom stereocenters. The number of azo groups is 1. The first kappa shape index (κ1) is 13.4. The minimum atomic E-state index is 1.04. The highest BCUT2D eigenvalue weighted by atomic mass is 32.1. The monoisotopic (exact) mass is 278 g/mol. The highest BCUT2D eigenvalue weighted by Gasteiger charge is 2.11. The molecule has 2 aromatic heterocycles. The summed E-state index contributed by atoms with van der Waals surface area (Å²) in [5.74, 6) is 0. The first-order chi connectivity index (χ1) is 8.41. The topological polar surface area (TPSA) is 24.7 Å². The Hall–Kier alpha value is -1.00. The number of hydrogen-bond donors (Lipinski definition) is 0. The van der Waals surface area contributed by atoms with E-state index in [9.17, 15) is 0 Å². The van der Waals surface area contributed by atoms with Gasteiger partial charge in [-0.25, -0.2) is 0 Å². The molecule has 2 heterocycles. The van der Waals surface area contributed by atoms with Gasteiger partial charge in [-0.15, -0.1) is 32.9 Å². The van der Waals surface area contributed by atoms with E-state index in [1.165, 1.54) is 30.6 Å². The van der Waals surface area contributed by atoms with Crippen molar-refractivity contribution in [2.45, 2.75) is 41.5 Å². The highest BCUT2D eigenvalue weighted by Crippen LogP contribution is 2.38. The second-order valence-electron chi connectivity index (χ2n) is 4.58. The molecular weight excluding hydrogens is 260 g/mol. The van der Waals surface area contributed by atoms with Crippen molar-refractivity contribution in [1.82, 2.24) is 0 Å². The van der Waals surface area contributed by atoms with Crippen molar-refractivity contribution in [3.05, 3.63) is 30.6 Å². The average Bonchev–Trinajstić information content (AvgIpc) is 2.67. The summed E-state index contributed by atoms with van der Waals surface area (Å²) in [6.45, 7) is 12.7. The van der Waals surface area contributed by atoms with Crippen molar-refractivity contribution in [3.8, 4) is 0 Å². The Morgan fingerprint density at radius 3 is 1.11 bits per heavy atom. The van der Waals surface area contributed by atoms with Gasteiger partial charge in [-0.3, -0.25) is 0 Å². The number of hydrogen-bond acceptors (Lipinski definition) is 4. The van der Waals surface area contributed by atoms with E-state index in [0.29, 0.717) is 0 Å². The Morgan fingerprint density at radius 1 is 0.556 bits per heavy atom. The molecule has 0 saturated carbocycles. The van der Waals surface area contributed by atoms with E-state index in [1.807, 2.05) is 0 Å². The number of thiophene rings is 2. The molecule has 4 heteroatoms. The Labute approximate surface area is 116 Å². The maximum absolute atomic E-state index is 4.47. The van der Waals surface area contributed by atoms with Crippen molar-refractivity contribution in [3.63, 3.8) is 0 Å². The molecule has 2 nitrogen and oxygen atoms in total. The van der Waals surface area contributed by atoms with Gasteiger partial charge < -0.3 is 0 Å². The zero-order valence-corrected chi connectivity index (χ0v) is 13.3. The predicted octanol–water partition coefficient (Wildman–Crippen LogP) is 6.08. The molecule has 0 aromatic carbocycles. The molecule has 0 bridgehead atoms. The summed E-state index contributed by atoms with van der Waals surface area (Å²) in [6.07, 6.45) is 0. The molecular formula is C14H18N2S2. The van der Waals surface area contributed by atoms with Gasteiger partial charge in [-0.1, -0.05) is 0 Å². The van der Waals surface area contributed by atoms with Crippen LogP contribution in [0.4, 0.5) is 11.4 Å². The van der Waals surface area contributed by atoms with Gasteiger partial charge in [0, 0.05) is 19.5 Å². The van der Waals surface area contributed by atoms with Crippen molar-refractivity contribution in [2.75, 3.05) is 0 Å². The fraction of sp³-hybridized carbons (Fsp3) is 0.429. The average molecular weight is 278 g/mol. The molecule has 0 saturated heterocycles. The summed E-state index contributed by atoms with van der Waals surface area (Å²) in [4.78, 5) is 5.15. The summed E-state index contributed by atoms with van der Waals surface area (Å²) >= 11 is 3.59. The van der Waals surface area contributed by atoms with E-state index in [4.69, 9.17) is 0 Å². The van der Waals surface area contributed by atoms with Crippen molar-refractivity contribution < 1.29 is 0 Å². The van der Waals surface area contributed by atoms with Crippen LogP contribution >= 0.6 is 22.7 Å². The molecule has 0 spiro atoms. The Morgan fingerprint density at radius 2 is 0.889 bits per heavy atom. The van der Waals surface area contributed by atoms with Crippen LogP contribution in [0, 0.1) is 41.5 Å². The van der Waals surface area contributed by atoms with Crippen LogP contribution < -0.4 is 0 Å². The van der Waals surface area contributed by atoms with Crippen molar-refractivity contribution >= 4 is 34.0 Å². The fourth-order valence-corrected chi connectivity index (χ4v) is 3.96. The molecule has 96 valence electrons. The third-order valence-electron chi connectivity index (χ3n) is 3.30. The van der Waals surface area contributed by atoms with Gasteiger partial charge in [0.15, 0.2) is 0 Å². The van der Waals surface area contributed by atoms with Crippen LogP contribution in [0.2, 0.25) is 0 Å². The van der Waals surface area contributed by atoms with Crippen molar-refractivity contribution in [1.29, 1.82) is 0 Å². The van der Waals surface area contributed by atoms with E-state index in [2.05, 4.69) is 51.8 Å². The van der Waals surface area contributed by atoms with Crippen molar-refractivity contribution in [2.24, 2.45) is 10.2 Å². The highest BCUT2D eigenvalue weighted by molar-refractivity contribution is 7.12. The minimum Gasteiger partial charge on any atom is -0.149 e. The number of nitrogens with zero attached hydrogens (tertiary/aromatic N) is 2. The molecule has 2 aromatic rings. The van der Waals surface area contributed by atoms with Crippen LogP contribution in [0.1, 0.15) is 30.6 Å². The zero-order valence-electron chi connectivity index (χ0n) is 11.7. The van der Waals surface area contributed by atoms with E-state index in [-0.39, 0.29) is 0 Å². The minimum absolute atomic E-state index is 1.04. The molecule has 0 N–H and O–H groups in total. The lowest BCUT2D eigenvalue weighted by atomic mass is 10.2. The van der Waals surface area contributed by atoms with E-state index in [0.717, 1.165) is 11.4 Å². The SMILES string of the molecule is Cc1sc(C)c(/N=N/c2c(C)sc(C)c2C)c1C. The smallest absolute Gasteiger partial charge is 0.102 e. The standard InChI is InChI=1S/C14H18N2S2/c1-7-9(3)17-11(5)13(7)15-16-14-8(2)10(4)18-12(14)6/h1-6H3/b16-15+. The Balaban J connectivity index is 2.42. The number of rotatable bonds is 2. The van der Waals surface area contributed by atoms with Gasteiger partial charge in [-0.05, 0) is 52.7 Å². The fourth-order valence-electron chi connectivity index (χ4n) is 1.96. The predicted molar refractivity (Wildman–Crippen MR) is 81.2 cm³/mol. The lowest BCUT2D eigenvalue weighted by Crippen LogP contribution is -1.72. The second-order valence-corrected chi connectivity index (χ2v) is 7.43. The maximum Gasteiger partial charge on any atom is 0.102 e. The third kappa shape index (κ3) is 2.27. The zero-order chi connectivity index (χ0) is 13.4. The van der Waals surface area contributed by atoms with Gasteiger partial charge in [-0.2, -0.15) is 0 Å². The number of aryl methyl sites for hydroxylation is 4. The summed E-state index contributed by atoms with van der Waals surface area (Å²) in [7, 11) is 0. The molecule has 0 radical (unpaired) electrons. The van der Waals surface area contributed by atoms with E-state index in [1.54, 1.807) is 22.7 Å². The van der Waals surface area contributed by atoms with Crippen LogP contribution in [0.3, 0.4) is 0 Å². The third-order valence-corrected chi connectivity index (χ3v) is 5.52. The molecule has 0 aliphatic carbocycles. The van der Waals surface area contributed by atoms with Crippen LogP contribution in [-0.2, 0) is 0 Å². The summed E-state index contributed by atoms with van der Waals surface area (Å²) in [5, 5.41) is 8.95. The largest absolute Gasteiger partial charge is 0.149 e. The molecule has 0 aliphatic heterocycles. The Kier molecular flexibility index (Phi) is 3.69. The summed E-state index contributed by atoms with van der Waals surface area (Å²) in [5.41, 5.74) is 4.59. The molecule has 0 unspecified atom stereocenters. The molecule has 2 rings (SSSR count). The normalized spacial score (nSPS) is 11.7. The first-order valence-electron chi connectivity index (χ1n) is 5.96. The lowest BCUT2D eigenvalue weighted by Gasteiger charge is -1.96. The summed E-state index contributed by atoms with van der Waals surface area (Å²) in [6, 6.07) is 0. The van der Waals surface area contributed by atoms with Gasteiger partial charge in [0.05, 0.1) is 0 Å². The van der Waals surface area contributed by atoms with E-state index < -0.39 is 0 Å². The molecule has 0 aliphatic rings. The van der Waals surface area contributed by atoms with Crippen LogP contribution in [0.15, 0.2) is 10.2 Å². The summed E-state index contributed by atoms with van der Waals surface area (Å²) < 4.78 is 0. The molecule has 0 amide bonds. The molecule has 0 fully saturated rings. The van der Waals surface area contributed by atoms with Crippen LogP contribution in [0.5, 0.6) is 0 Å². The van der Waals surface area contributed by atoms with Gasteiger partial charge >= 0.3 is 0 Å². The van der Waals surface area contributed by atoms with Gasteiger partial charge in [0.25, 0.3) is 0 Å². The van der Waals surface area contributed by atoms with Crippen LogP contribution in [-0.4, -0.2) is 0 Å². The molecule has 18 heavy (non-hydrogen) atoms. The van der Waals surface area contributed by atoms with Crippen LogP contribution in [0.25, 0.3) is 0 Å². The lowest BCUT2D eigenvalue weighted by molar-refractivity contribution is 1.18. The maximum atomic E-state index is 4.47. The second kappa shape index (κ2) is 4.94.